The summed E-state index contributed by atoms with van der Waals surface area (Å²) < 4.78 is 40.2. The highest BCUT2D eigenvalue weighted by Crippen LogP contribution is 2.40. The zero-order valence-electron chi connectivity index (χ0n) is 20.9. The first-order valence-corrected chi connectivity index (χ1v) is 11.9. The van der Waals surface area contributed by atoms with Crippen molar-refractivity contribution in [3.05, 3.63) is 47.8 Å². The number of nitrogens with zero attached hydrogens (tertiary/aromatic N) is 5. The van der Waals surface area contributed by atoms with Gasteiger partial charge in [-0.25, -0.2) is 14.8 Å². The Kier molecular flexibility index (Phi) is 8.57. The van der Waals surface area contributed by atoms with E-state index in [-0.39, 0.29) is 11.8 Å². The maximum atomic E-state index is 13.0. The van der Waals surface area contributed by atoms with E-state index in [9.17, 15) is 22.8 Å². The summed E-state index contributed by atoms with van der Waals surface area (Å²) in [5.74, 6) is -1.95. The molecule has 2 aromatic heterocycles. The molecule has 0 saturated carbocycles. The fourth-order valence-corrected chi connectivity index (χ4v) is 4.50. The van der Waals surface area contributed by atoms with Crippen molar-refractivity contribution in [3.8, 4) is 0 Å². The van der Waals surface area contributed by atoms with Gasteiger partial charge in [-0.05, 0) is 32.9 Å². The number of carboxylic acids is 1. The highest BCUT2D eigenvalue weighted by atomic mass is 19.4. The molecule has 1 atom stereocenters. The number of aromatic nitrogens is 3. The van der Waals surface area contributed by atoms with Crippen LogP contribution in [0.15, 0.2) is 30.6 Å². The lowest BCUT2D eigenvalue weighted by atomic mass is 9.88. The summed E-state index contributed by atoms with van der Waals surface area (Å²) in [5.41, 5.74) is 0.641. The van der Waals surface area contributed by atoms with Crippen LogP contribution in [0.5, 0.6) is 0 Å². The number of aryl methyl sites for hydroxylation is 1. The highest BCUT2D eigenvalue weighted by molar-refractivity contribution is 5.92. The van der Waals surface area contributed by atoms with Crippen LogP contribution in [0.1, 0.15) is 48.7 Å². The second kappa shape index (κ2) is 11.3. The molecule has 4 heterocycles. The third kappa shape index (κ3) is 6.27. The number of amides is 2. The van der Waals surface area contributed by atoms with Crippen molar-refractivity contribution >= 4 is 17.8 Å². The maximum Gasteiger partial charge on any atom is 0.490 e. The van der Waals surface area contributed by atoms with Crippen LogP contribution in [0, 0.1) is 6.92 Å². The minimum absolute atomic E-state index is 0.0150. The van der Waals surface area contributed by atoms with E-state index in [1.165, 1.54) is 0 Å². The highest BCUT2D eigenvalue weighted by Gasteiger charge is 2.48. The summed E-state index contributed by atoms with van der Waals surface area (Å²) in [6, 6.07) is 5.48. The number of alkyl halides is 3. The molecule has 0 aromatic carbocycles. The van der Waals surface area contributed by atoms with Gasteiger partial charge in [0.1, 0.15) is 17.1 Å². The Morgan fingerprint density at radius 2 is 1.81 bits per heavy atom. The van der Waals surface area contributed by atoms with Gasteiger partial charge in [0.05, 0.1) is 6.54 Å². The van der Waals surface area contributed by atoms with E-state index in [2.05, 4.69) is 9.97 Å². The van der Waals surface area contributed by atoms with Crippen LogP contribution in [0.3, 0.4) is 0 Å². The summed E-state index contributed by atoms with van der Waals surface area (Å²) in [6.45, 7) is 8.70. The number of rotatable bonds is 4. The van der Waals surface area contributed by atoms with Crippen LogP contribution >= 0.6 is 0 Å². The number of carboxylic acid groups (broad SMARTS) is 1. The van der Waals surface area contributed by atoms with Crippen LogP contribution in [0.4, 0.5) is 13.2 Å². The molecule has 1 N–H and O–H groups in total. The SMILES string of the molecule is CCN(CC)C(=O)C1Cn2ccnc2C2(CCN(C(=O)c3cccc(C)n3)CC2)O1.O=C(O)C(F)(F)F. The Bertz CT molecular complexity index is 1120. The largest absolute Gasteiger partial charge is 0.490 e. The third-order valence-electron chi connectivity index (χ3n) is 6.41. The lowest BCUT2D eigenvalue weighted by Crippen LogP contribution is -2.55. The monoisotopic (exact) mass is 525 g/mol. The molecule has 1 fully saturated rings. The molecule has 37 heavy (non-hydrogen) atoms. The smallest absolute Gasteiger partial charge is 0.475 e. The van der Waals surface area contributed by atoms with Crippen molar-refractivity contribution in [1.82, 2.24) is 24.3 Å². The second-order valence-corrected chi connectivity index (χ2v) is 8.77. The molecule has 0 aliphatic carbocycles. The van der Waals surface area contributed by atoms with Crippen molar-refractivity contribution in [2.75, 3.05) is 26.2 Å². The van der Waals surface area contributed by atoms with Crippen molar-refractivity contribution in [1.29, 1.82) is 0 Å². The van der Waals surface area contributed by atoms with Gasteiger partial charge in [-0.3, -0.25) is 9.59 Å². The number of carbonyl (C=O) groups excluding carboxylic acids is 2. The minimum Gasteiger partial charge on any atom is -0.475 e. The van der Waals surface area contributed by atoms with Gasteiger partial charge in [0.25, 0.3) is 11.8 Å². The third-order valence-corrected chi connectivity index (χ3v) is 6.41. The fourth-order valence-electron chi connectivity index (χ4n) is 4.50. The van der Waals surface area contributed by atoms with Crippen LogP contribution < -0.4 is 0 Å². The number of hydrogen-bond donors (Lipinski definition) is 1. The van der Waals surface area contributed by atoms with E-state index >= 15 is 0 Å². The quantitative estimate of drug-likeness (QED) is 0.652. The molecule has 2 aliphatic rings. The number of ether oxygens (including phenoxy) is 1. The van der Waals surface area contributed by atoms with E-state index < -0.39 is 23.9 Å². The maximum absolute atomic E-state index is 13.0. The van der Waals surface area contributed by atoms with Gasteiger partial charge in [-0.15, -0.1) is 0 Å². The number of aliphatic carboxylic acids is 1. The predicted molar refractivity (Wildman–Crippen MR) is 125 cm³/mol. The normalized spacial score (nSPS) is 18.4. The van der Waals surface area contributed by atoms with Gasteiger partial charge in [0.15, 0.2) is 6.10 Å². The van der Waals surface area contributed by atoms with Crippen molar-refractivity contribution < 1.29 is 37.4 Å². The Balaban J connectivity index is 0.000000479. The molecule has 4 rings (SSSR count). The van der Waals surface area contributed by atoms with Gasteiger partial charge >= 0.3 is 12.1 Å². The number of carbonyl (C=O) groups is 3. The Hall–Kier alpha value is -3.48. The summed E-state index contributed by atoms with van der Waals surface area (Å²) >= 11 is 0. The van der Waals surface area contributed by atoms with E-state index in [0.29, 0.717) is 51.3 Å². The van der Waals surface area contributed by atoms with Crippen LogP contribution in [0.25, 0.3) is 0 Å². The molecule has 0 radical (unpaired) electrons. The lowest BCUT2D eigenvalue weighted by molar-refractivity contribution is -0.192. The molecule has 2 aliphatic heterocycles. The van der Waals surface area contributed by atoms with Gasteiger partial charge in [0.2, 0.25) is 0 Å². The molecule has 2 aromatic rings. The summed E-state index contributed by atoms with van der Waals surface area (Å²) in [4.78, 5) is 47.3. The standard InChI is InChI=1S/C22H29N5O3.C2HF3O2/c1-4-25(5-2)20(29)18-15-27-14-11-23-21(27)22(30-18)9-12-26(13-10-22)19(28)17-8-6-7-16(3)24-17;3-2(4,5)1(6)7/h6-8,11,14,18H,4-5,9-10,12-13,15H2,1-3H3;(H,6,7). The van der Waals surface area contributed by atoms with Gasteiger partial charge in [-0.2, -0.15) is 13.2 Å². The molecule has 1 spiro atoms. The molecular formula is C24H30F3N5O5. The van der Waals surface area contributed by atoms with Gasteiger partial charge in [-0.1, -0.05) is 6.07 Å². The van der Waals surface area contributed by atoms with Gasteiger partial charge < -0.3 is 24.2 Å². The molecule has 1 unspecified atom stereocenters. The topological polar surface area (TPSA) is 118 Å². The number of piperidine rings is 1. The first kappa shape index (κ1) is 28.1. The van der Waals surface area contributed by atoms with Gasteiger partial charge in [0, 0.05) is 57.1 Å². The first-order chi connectivity index (χ1) is 17.4. The molecule has 2 amide bonds. The Morgan fingerprint density at radius 1 is 1.19 bits per heavy atom. The first-order valence-electron chi connectivity index (χ1n) is 11.9. The van der Waals surface area contributed by atoms with E-state index in [1.54, 1.807) is 12.3 Å². The van der Waals surface area contributed by atoms with E-state index in [4.69, 9.17) is 14.6 Å². The molecule has 1 saturated heterocycles. The average molecular weight is 526 g/mol. The number of halogens is 3. The molecular weight excluding hydrogens is 495 g/mol. The molecule has 202 valence electrons. The van der Waals surface area contributed by atoms with E-state index in [0.717, 1.165) is 11.5 Å². The zero-order chi connectivity index (χ0) is 27.4. The number of hydrogen-bond acceptors (Lipinski definition) is 6. The Morgan fingerprint density at radius 3 is 2.35 bits per heavy atom. The number of fused-ring (bicyclic) bond motifs is 2. The molecule has 10 nitrogen and oxygen atoms in total. The number of likely N-dealkylation sites (N-methyl/N-ethyl adjacent to an activating group) is 1. The van der Waals surface area contributed by atoms with Crippen LogP contribution in [-0.2, 0) is 26.5 Å². The summed E-state index contributed by atoms with van der Waals surface area (Å²) in [5, 5.41) is 7.12. The average Bonchev–Trinajstić information content (AvgIpc) is 3.34. The number of pyridine rings is 1. The second-order valence-electron chi connectivity index (χ2n) is 8.77. The summed E-state index contributed by atoms with van der Waals surface area (Å²) in [7, 11) is 0. The zero-order valence-corrected chi connectivity index (χ0v) is 20.9. The van der Waals surface area contributed by atoms with Crippen LogP contribution in [0.2, 0.25) is 0 Å². The molecule has 13 heteroatoms. The van der Waals surface area contributed by atoms with Crippen LogP contribution in [-0.4, -0.2) is 85.7 Å². The Labute approximate surface area is 212 Å². The fraction of sp³-hybridized carbons (Fsp3) is 0.542. The van der Waals surface area contributed by atoms with Crippen molar-refractivity contribution in [3.63, 3.8) is 0 Å². The lowest BCUT2D eigenvalue weighted by Gasteiger charge is -2.46. The number of imidazole rings is 1. The predicted octanol–water partition coefficient (Wildman–Crippen LogP) is 2.62. The summed E-state index contributed by atoms with van der Waals surface area (Å²) in [6.07, 6.45) is -0.741. The van der Waals surface area contributed by atoms with E-state index in [1.807, 2.05) is 53.5 Å². The van der Waals surface area contributed by atoms with Crippen molar-refractivity contribution in [2.24, 2.45) is 0 Å². The number of likely N-dealkylation sites (tertiary alicyclic amines) is 1. The van der Waals surface area contributed by atoms with Crippen molar-refractivity contribution in [2.45, 2.75) is 58.0 Å². The minimum atomic E-state index is -5.08. The molecule has 0 bridgehead atoms.